The first-order valence-electron chi connectivity index (χ1n) is 14.7. The van der Waals surface area contributed by atoms with Gasteiger partial charge >= 0.3 is 0 Å². The number of ether oxygens (including phenoxy) is 1. The van der Waals surface area contributed by atoms with Gasteiger partial charge in [-0.2, -0.15) is 0 Å². The van der Waals surface area contributed by atoms with Gasteiger partial charge in [0.1, 0.15) is 5.75 Å². The van der Waals surface area contributed by atoms with E-state index in [1.54, 1.807) is 7.11 Å². The molecule has 5 atom stereocenters. The summed E-state index contributed by atoms with van der Waals surface area (Å²) in [6, 6.07) is 28.0. The summed E-state index contributed by atoms with van der Waals surface area (Å²) in [4.78, 5) is 27.3. The minimum atomic E-state index is -0.530. The van der Waals surface area contributed by atoms with Crippen molar-refractivity contribution < 1.29 is 14.3 Å². The van der Waals surface area contributed by atoms with Crippen LogP contribution in [0, 0.1) is 11.8 Å². The van der Waals surface area contributed by atoms with E-state index in [0.29, 0.717) is 19.0 Å². The monoisotopic (exact) mass is 626 g/mol. The molecular formula is C34H44Cl2N4O3. The van der Waals surface area contributed by atoms with Crippen LogP contribution in [-0.2, 0) is 16.1 Å². The van der Waals surface area contributed by atoms with Crippen LogP contribution in [0.3, 0.4) is 0 Å². The van der Waals surface area contributed by atoms with E-state index in [-0.39, 0.29) is 67.1 Å². The van der Waals surface area contributed by atoms with Gasteiger partial charge in [0.25, 0.3) is 0 Å². The third-order valence-corrected chi connectivity index (χ3v) is 8.88. The maximum Gasteiger partial charge on any atom is 0.236 e. The second-order valence-corrected chi connectivity index (χ2v) is 11.7. The molecule has 2 amide bonds. The highest BCUT2D eigenvalue weighted by Crippen LogP contribution is 2.44. The third kappa shape index (κ3) is 7.71. The molecule has 3 aromatic carbocycles. The molecule has 0 spiro atoms. The molecule has 0 radical (unpaired) electrons. The first-order chi connectivity index (χ1) is 19.9. The Morgan fingerprint density at radius 2 is 1.58 bits per heavy atom. The fraction of sp³-hybridized carbons (Fsp3) is 0.412. The van der Waals surface area contributed by atoms with Gasteiger partial charge in [-0.05, 0) is 47.6 Å². The quantitative estimate of drug-likeness (QED) is 0.282. The molecule has 3 aliphatic heterocycles. The number of nitrogens with two attached hydrogens (primary N) is 1. The molecule has 3 saturated heterocycles. The summed E-state index contributed by atoms with van der Waals surface area (Å²) in [5.74, 6) is 0.633. The number of methoxy groups -OCH3 is 1. The summed E-state index contributed by atoms with van der Waals surface area (Å²) in [6.45, 7) is 6.46. The zero-order valence-corrected chi connectivity index (χ0v) is 26.7. The third-order valence-electron chi connectivity index (χ3n) is 8.88. The van der Waals surface area contributed by atoms with Crippen LogP contribution in [0.5, 0.6) is 5.75 Å². The van der Waals surface area contributed by atoms with Crippen LogP contribution in [0.4, 0.5) is 0 Å². The van der Waals surface area contributed by atoms with Gasteiger partial charge in [0.15, 0.2) is 0 Å². The number of fused-ring (bicyclic) bond motifs is 3. The van der Waals surface area contributed by atoms with Crippen molar-refractivity contribution in [2.75, 3.05) is 26.7 Å². The normalized spacial score (nSPS) is 22.4. The molecule has 5 unspecified atom stereocenters. The maximum absolute atomic E-state index is 13.4. The molecule has 3 heterocycles. The number of primary amides is 1. The minimum absolute atomic E-state index is 0. The average Bonchev–Trinajstić information content (AvgIpc) is 3.00. The van der Waals surface area contributed by atoms with Gasteiger partial charge in [-0.25, -0.2) is 0 Å². The largest absolute Gasteiger partial charge is 0.496 e. The number of benzene rings is 3. The van der Waals surface area contributed by atoms with E-state index in [1.165, 1.54) is 16.7 Å². The predicted molar refractivity (Wildman–Crippen MR) is 176 cm³/mol. The highest BCUT2D eigenvalue weighted by atomic mass is 35.5. The number of halogens is 2. The smallest absolute Gasteiger partial charge is 0.236 e. The van der Waals surface area contributed by atoms with Crippen molar-refractivity contribution in [3.05, 3.63) is 101 Å². The van der Waals surface area contributed by atoms with Gasteiger partial charge in [-0.3, -0.25) is 14.5 Å². The molecule has 0 aliphatic carbocycles. The predicted octanol–water partition coefficient (Wildman–Crippen LogP) is 4.87. The van der Waals surface area contributed by atoms with E-state index in [0.717, 1.165) is 24.3 Å². The lowest BCUT2D eigenvalue weighted by atomic mass is 9.66. The molecular weight excluding hydrogens is 583 g/mol. The Labute approximate surface area is 267 Å². The molecule has 7 nitrogen and oxygen atoms in total. The summed E-state index contributed by atoms with van der Waals surface area (Å²) in [5.41, 5.74) is 10.2. The first kappa shape index (κ1) is 34.4. The Morgan fingerprint density at radius 1 is 0.953 bits per heavy atom. The van der Waals surface area contributed by atoms with Crippen LogP contribution in [0.25, 0.3) is 0 Å². The first-order valence-corrected chi connectivity index (χ1v) is 14.7. The van der Waals surface area contributed by atoms with Crippen LogP contribution in [0.1, 0.15) is 54.4 Å². The number of carbonyl (C=O) groups excluding carboxylic acids is 2. The van der Waals surface area contributed by atoms with Crippen molar-refractivity contribution in [1.29, 1.82) is 0 Å². The van der Waals surface area contributed by atoms with Gasteiger partial charge < -0.3 is 21.1 Å². The van der Waals surface area contributed by atoms with Gasteiger partial charge in [0, 0.05) is 36.7 Å². The van der Waals surface area contributed by atoms with Crippen molar-refractivity contribution in [3.63, 3.8) is 0 Å². The molecule has 232 valence electrons. The van der Waals surface area contributed by atoms with E-state index < -0.39 is 5.91 Å². The lowest BCUT2D eigenvalue weighted by Gasteiger charge is -2.56. The molecule has 0 aromatic heterocycles. The van der Waals surface area contributed by atoms with Crippen LogP contribution in [0.2, 0.25) is 0 Å². The Kier molecular flexibility index (Phi) is 12.5. The molecule has 2 bridgehead atoms. The molecule has 4 N–H and O–H groups in total. The second kappa shape index (κ2) is 15.6. The number of rotatable bonds is 11. The number of piperidine rings is 3. The molecule has 3 fully saturated rings. The Hall–Kier alpha value is -3.10. The molecule has 3 aromatic rings. The van der Waals surface area contributed by atoms with Gasteiger partial charge in [-0.1, -0.05) is 86.6 Å². The fourth-order valence-corrected chi connectivity index (χ4v) is 6.88. The Balaban J connectivity index is 0.00000253. The number of carbonyl (C=O) groups is 2. The number of hydrogen-bond donors (Lipinski definition) is 3. The second-order valence-electron chi connectivity index (χ2n) is 11.7. The summed E-state index contributed by atoms with van der Waals surface area (Å²) in [5, 5.41) is 6.73. The van der Waals surface area contributed by atoms with E-state index in [1.807, 2.05) is 0 Å². The maximum atomic E-state index is 13.4. The van der Waals surface area contributed by atoms with E-state index in [9.17, 15) is 9.59 Å². The lowest BCUT2D eigenvalue weighted by molar-refractivity contribution is -0.136. The molecule has 9 heteroatoms. The number of nitrogens with zero attached hydrogens (tertiary/aromatic N) is 1. The van der Waals surface area contributed by atoms with Crippen molar-refractivity contribution in [2.24, 2.45) is 17.6 Å². The highest BCUT2D eigenvalue weighted by Gasteiger charge is 2.52. The standard InChI is InChI=1S/C34H42N4O3.2ClH/c1-22(2)25-14-15-29(41-3)26(18-25)19-36-32-27-16-17-38(21-28(27)34(40)37-20-30(35)39)33(32)31(23-10-6-4-7-11-23)24-12-8-5-9-13-24;;/h4-15,18,22,27-28,31-33,36H,16-17,19-21H2,1-3H3,(H2,35,39)(H,37,40);2*1H. The van der Waals surface area contributed by atoms with Crippen LogP contribution in [-0.4, -0.2) is 55.5 Å². The van der Waals surface area contributed by atoms with Crippen LogP contribution in [0.15, 0.2) is 78.9 Å². The summed E-state index contributed by atoms with van der Waals surface area (Å²) in [6.07, 6.45) is 0.905. The van der Waals surface area contributed by atoms with Gasteiger partial charge in [-0.15, -0.1) is 24.8 Å². The van der Waals surface area contributed by atoms with Crippen molar-refractivity contribution in [3.8, 4) is 5.75 Å². The van der Waals surface area contributed by atoms with E-state index in [4.69, 9.17) is 10.5 Å². The van der Waals surface area contributed by atoms with Crippen LogP contribution >= 0.6 is 24.8 Å². The topological polar surface area (TPSA) is 96.7 Å². The minimum Gasteiger partial charge on any atom is -0.496 e. The fourth-order valence-electron chi connectivity index (χ4n) is 6.88. The lowest BCUT2D eigenvalue weighted by Crippen LogP contribution is -2.69. The van der Waals surface area contributed by atoms with Crippen molar-refractivity contribution in [2.45, 2.75) is 50.7 Å². The summed E-state index contributed by atoms with van der Waals surface area (Å²) >= 11 is 0. The zero-order valence-electron chi connectivity index (χ0n) is 25.1. The van der Waals surface area contributed by atoms with E-state index >= 15 is 0 Å². The number of nitrogens with one attached hydrogen (secondary N) is 2. The average molecular weight is 628 g/mol. The van der Waals surface area contributed by atoms with Gasteiger partial charge in [0.05, 0.1) is 19.6 Å². The van der Waals surface area contributed by atoms with Crippen LogP contribution < -0.4 is 21.1 Å². The summed E-state index contributed by atoms with van der Waals surface area (Å²) < 4.78 is 5.75. The molecule has 0 saturated carbocycles. The highest BCUT2D eigenvalue weighted by molar-refractivity contribution is 5.86. The Morgan fingerprint density at radius 3 is 2.14 bits per heavy atom. The van der Waals surface area contributed by atoms with Gasteiger partial charge in [0.2, 0.25) is 11.8 Å². The molecule has 43 heavy (non-hydrogen) atoms. The molecule has 6 rings (SSSR count). The molecule has 3 aliphatic rings. The van der Waals surface area contributed by atoms with Crippen molar-refractivity contribution >= 4 is 36.6 Å². The zero-order chi connectivity index (χ0) is 28.9. The Bertz CT molecular complexity index is 1300. The van der Waals surface area contributed by atoms with Crippen molar-refractivity contribution in [1.82, 2.24) is 15.5 Å². The SMILES string of the molecule is COc1ccc(C(C)C)cc1CNC1C2CCN(CC2C(=O)NCC(N)=O)C1C(c1ccccc1)c1ccccc1.Cl.Cl. The summed E-state index contributed by atoms with van der Waals surface area (Å²) in [7, 11) is 1.71. The van der Waals surface area contributed by atoms with E-state index in [2.05, 4.69) is 108 Å². The number of hydrogen-bond acceptors (Lipinski definition) is 5. The number of amides is 2.